The lowest BCUT2D eigenvalue weighted by Crippen LogP contribution is -2.13. The summed E-state index contributed by atoms with van der Waals surface area (Å²) in [7, 11) is 1.92. The maximum atomic E-state index is 12.2. The van der Waals surface area contributed by atoms with Crippen LogP contribution in [-0.4, -0.2) is 40.3 Å². The molecule has 4 heterocycles. The van der Waals surface area contributed by atoms with Gasteiger partial charge in [-0.3, -0.25) is 15.2 Å². The molecule has 0 saturated carbocycles. The van der Waals surface area contributed by atoms with E-state index >= 15 is 0 Å². The van der Waals surface area contributed by atoms with Crippen molar-refractivity contribution in [1.82, 2.24) is 34.3 Å². The SMILES string of the molecule is Cn1ccnc1SCc1ccc(C(=O)Nc2nnc3nc[nH]n23)o1. The van der Waals surface area contributed by atoms with E-state index in [0.717, 1.165) is 5.16 Å². The molecule has 0 fully saturated rings. The third-order valence-corrected chi connectivity index (χ3v) is 4.32. The van der Waals surface area contributed by atoms with Crippen molar-refractivity contribution < 1.29 is 9.21 Å². The van der Waals surface area contributed by atoms with E-state index in [-0.39, 0.29) is 11.7 Å². The average molecular weight is 344 g/mol. The summed E-state index contributed by atoms with van der Waals surface area (Å²) < 4.78 is 8.95. The van der Waals surface area contributed by atoms with Gasteiger partial charge in [0.25, 0.3) is 17.6 Å². The Bertz CT molecular complexity index is 997. The number of nitrogens with one attached hydrogen (secondary N) is 2. The lowest BCUT2D eigenvalue weighted by Gasteiger charge is -2.00. The van der Waals surface area contributed by atoms with Crippen LogP contribution in [0.5, 0.6) is 0 Å². The highest BCUT2D eigenvalue weighted by atomic mass is 32.2. The van der Waals surface area contributed by atoms with E-state index in [1.165, 1.54) is 22.6 Å². The highest BCUT2D eigenvalue weighted by Gasteiger charge is 2.16. The third kappa shape index (κ3) is 2.65. The molecule has 2 N–H and O–H groups in total. The van der Waals surface area contributed by atoms with Crippen molar-refractivity contribution in [3.63, 3.8) is 0 Å². The largest absolute Gasteiger partial charge is 0.455 e. The Labute approximate surface area is 139 Å². The minimum atomic E-state index is -0.410. The second-order valence-electron chi connectivity index (χ2n) is 4.88. The van der Waals surface area contributed by atoms with Crippen LogP contribution in [0.2, 0.25) is 0 Å². The molecular formula is C13H12N8O2S. The summed E-state index contributed by atoms with van der Waals surface area (Å²) in [5.41, 5.74) is 0. The first-order valence-corrected chi connectivity index (χ1v) is 7.94. The van der Waals surface area contributed by atoms with Gasteiger partial charge in [-0.05, 0) is 12.1 Å². The number of aromatic amines is 1. The number of rotatable bonds is 5. The summed E-state index contributed by atoms with van der Waals surface area (Å²) in [6.07, 6.45) is 5.07. The van der Waals surface area contributed by atoms with Crippen LogP contribution in [0.25, 0.3) is 5.78 Å². The number of furan rings is 1. The van der Waals surface area contributed by atoms with Crippen LogP contribution in [0, 0.1) is 0 Å². The Morgan fingerprint density at radius 2 is 2.29 bits per heavy atom. The first kappa shape index (κ1) is 14.5. The first-order chi connectivity index (χ1) is 11.7. The van der Waals surface area contributed by atoms with Crippen molar-refractivity contribution in [3.8, 4) is 0 Å². The van der Waals surface area contributed by atoms with Crippen LogP contribution < -0.4 is 5.32 Å². The highest BCUT2D eigenvalue weighted by molar-refractivity contribution is 7.98. The van der Waals surface area contributed by atoms with Crippen molar-refractivity contribution in [2.24, 2.45) is 7.05 Å². The molecule has 0 aliphatic rings. The standard InChI is InChI=1S/C13H12N8O2S/c1-20-5-4-14-13(20)24-6-8-2-3-9(23-8)10(22)17-12-19-18-11-15-7-16-21(11)12/h2-5,7H,6H2,1H3,(H,15,16,18)(H,17,19,22). The number of carbonyl (C=O) groups is 1. The molecule has 0 aliphatic carbocycles. The Hall–Kier alpha value is -3.08. The Kier molecular flexibility index (Phi) is 3.54. The fourth-order valence-electron chi connectivity index (χ4n) is 2.07. The first-order valence-electron chi connectivity index (χ1n) is 6.95. The molecular weight excluding hydrogens is 332 g/mol. The maximum absolute atomic E-state index is 12.2. The van der Waals surface area contributed by atoms with Gasteiger partial charge in [-0.2, -0.15) is 9.50 Å². The van der Waals surface area contributed by atoms with Gasteiger partial charge in [0.1, 0.15) is 12.1 Å². The second kappa shape index (κ2) is 5.85. The molecule has 0 atom stereocenters. The molecule has 24 heavy (non-hydrogen) atoms. The van der Waals surface area contributed by atoms with E-state index in [1.54, 1.807) is 18.3 Å². The van der Waals surface area contributed by atoms with Crippen molar-refractivity contribution in [1.29, 1.82) is 0 Å². The molecule has 4 rings (SSSR count). The molecule has 4 aromatic rings. The molecule has 0 unspecified atom stereocenters. The number of H-pyrrole nitrogens is 1. The summed E-state index contributed by atoms with van der Waals surface area (Å²) in [6, 6.07) is 3.38. The van der Waals surface area contributed by atoms with Gasteiger partial charge in [0.15, 0.2) is 10.9 Å². The monoisotopic (exact) mass is 344 g/mol. The number of anilines is 1. The molecule has 1 amide bonds. The lowest BCUT2D eigenvalue weighted by molar-refractivity contribution is 0.0994. The zero-order valence-electron chi connectivity index (χ0n) is 12.5. The van der Waals surface area contributed by atoms with Gasteiger partial charge in [0, 0.05) is 19.4 Å². The van der Waals surface area contributed by atoms with Crippen LogP contribution >= 0.6 is 11.8 Å². The molecule has 122 valence electrons. The van der Waals surface area contributed by atoms with Crippen LogP contribution in [0.1, 0.15) is 16.3 Å². The number of hydrogen-bond donors (Lipinski definition) is 2. The maximum Gasteiger partial charge on any atom is 0.293 e. The molecule has 10 nitrogen and oxygen atoms in total. The molecule has 0 bridgehead atoms. The molecule has 11 heteroatoms. The smallest absolute Gasteiger partial charge is 0.293 e. The molecule has 0 aromatic carbocycles. The van der Waals surface area contributed by atoms with Crippen molar-refractivity contribution >= 4 is 29.4 Å². The Morgan fingerprint density at radius 3 is 3.12 bits per heavy atom. The Balaban J connectivity index is 1.43. The van der Waals surface area contributed by atoms with Crippen LogP contribution in [0.15, 0.2) is 40.4 Å². The predicted molar refractivity (Wildman–Crippen MR) is 84.6 cm³/mol. The number of hydrogen-bond acceptors (Lipinski definition) is 7. The Morgan fingerprint density at radius 1 is 1.38 bits per heavy atom. The van der Waals surface area contributed by atoms with Gasteiger partial charge in [-0.25, -0.2) is 4.98 Å². The fourth-order valence-corrected chi connectivity index (χ4v) is 2.90. The van der Waals surface area contributed by atoms with E-state index in [1.807, 2.05) is 17.8 Å². The van der Waals surface area contributed by atoms with Gasteiger partial charge in [0.2, 0.25) is 0 Å². The topological polar surface area (TPSA) is 119 Å². The highest BCUT2D eigenvalue weighted by Crippen LogP contribution is 2.22. The van der Waals surface area contributed by atoms with Crippen LogP contribution in [-0.2, 0) is 12.8 Å². The van der Waals surface area contributed by atoms with Crippen molar-refractivity contribution in [2.45, 2.75) is 10.9 Å². The molecule has 0 spiro atoms. The lowest BCUT2D eigenvalue weighted by atomic mass is 10.4. The van der Waals surface area contributed by atoms with E-state index < -0.39 is 5.91 Å². The number of amides is 1. The second-order valence-corrected chi connectivity index (χ2v) is 5.82. The molecule has 0 radical (unpaired) electrons. The van der Waals surface area contributed by atoms with Gasteiger partial charge < -0.3 is 8.98 Å². The number of thioether (sulfide) groups is 1. The van der Waals surface area contributed by atoms with Gasteiger partial charge in [-0.1, -0.05) is 11.8 Å². The van der Waals surface area contributed by atoms with E-state index in [0.29, 0.717) is 17.3 Å². The number of fused-ring (bicyclic) bond motifs is 1. The van der Waals surface area contributed by atoms with E-state index in [2.05, 4.69) is 30.6 Å². The minimum Gasteiger partial charge on any atom is -0.455 e. The van der Waals surface area contributed by atoms with Gasteiger partial charge in [0.05, 0.1) is 5.75 Å². The number of nitrogens with zero attached hydrogens (tertiary/aromatic N) is 6. The van der Waals surface area contributed by atoms with Crippen molar-refractivity contribution in [3.05, 3.63) is 42.4 Å². The van der Waals surface area contributed by atoms with E-state index in [4.69, 9.17) is 4.42 Å². The summed E-state index contributed by atoms with van der Waals surface area (Å²) in [4.78, 5) is 20.4. The van der Waals surface area contributed by atoms with Crippen molar-refractivity contribution in [2.75, 3.05) is 5.32 Å². The van der Waals surface area contributed by atoms with Crippen LogP contribution in [0.4, 0.5) is 5.95 Å². The predicted octanol–water partition coefficient (Wildman–Crippen LogP) is 1.32. The number of imidazole rings is 1. The third-order valence-electron chi connectivity index (χ3n) is 3.24. The summed E-state index contributed by atoms with van der Waals surface area (Å²) in [5, 5.41) is 13.9. The zero-order valence-corrected chi connectivity index (χ0v) is 13.3. The minimum absolute atomic E-state index is 0.196. The number of aryl methyl sites for hydroxylation is 1. The average Bonchev–Trinajstić information content (AvgIpc) is 3.31. The molecule has 0 saturated heterocycles. The quantitative estimate of drug-likeness (QED) is 0.524. The van der Waals surface area contributed by atoms with Gasteiger partial charge >= 0.3 is 0 Å². The molecule has 4 aromatic heterocycles. The zero-order chi connectivity index (χ0) is 16.5. The summed E-state index contributed by atoms with van der Waals surface area (Å²) >= 11 is 1.53. The fraction of sp³-hybridized carbons (Fsp3) is 0.154. The molecule has 0 aliphatic heterocycles. The number of aromatic nitrogens is 7. The number of carbonyl (C=O) groups excluding carboxylic acids is 1. The van der Waals surface area contributed by atoms with E-state index in [9.17, 15) is 4.79 Å². The normalized spacial score (nSPS) is 11.2. The summed E-state index contributed by atoms with van der Waals surface area (Å²) in [6.45, 7) is 0. The van der Waals surface area contributed by atoms with Gasteiger partial charge in [-0.15, -0.1) is 10.2 Å². The summed E-state index contributed by atoms with van der Waals surface area (Å²) in [5.74, 6) is 1.66. The van der Waals surface area contributed by atoms with Crippen LogP contribution in [0.3, 0.4) is 0 Å².